The van der Waals surface area contributed by atoms with Crippen LogP contribution >= 0.6 is 0 Å². The minimum absolute atomic E-state index is 0.00834. The Morgan fingerprint density at radius 3 is 0.467 bits per heavy atom. The van der Waals surface area contributed by atoms with Crippen LogP contribution in [0.4, 0.5) is 149 Å². The van der Waals surface area contributed by atoms with Crippen LogP contribution in [-0.4, -0.2) is 261 Å². The Kier molecular flexibility index (Phi) is 42.3. The minimum atomic E-state index is -9.00. The van der Waals surface area contributed by atoms with Crippen molar-refractivity contribution in [3.8, 4) is 0 Å². The average molecular weight is 2050 g/mol. The van der Waals surface area contributed by atoms with E-state index in [0.29, 0.717) is 27.7 Å². The van der Waals surface area contributed by atoms with Crippen molar-refractivity contribution in [2.45, 2.75) is 321 Å². The summed E-state index contributed by atoms with van der Waals surface area (Å²) in [5.74, 6) is -123. The first-order valence-electron chi connectivity index (χ1n) is 43.0. The largest absolute Gasteiger partial charge is 0.460 e. The van der Waals surface area contributed by atoms with E-state index >= 15 is 97.4 Å². The lowest BCUT2D eigenvalue weighted by molar-refractivity contribution is -0.466. The molecule has 0 aliphatic rings. The zero-order valence-corrected chi connectivity index (χ0v) is 81.3. The molecule has 0 saturated carbocycles. The van der Waals surface area contributed by atoms with Crippen molar-refractivity contribution in [2.24, 2.45) is 81.2 Å². The van der Waals surface area contributed by atoms with Crippen molar-refractivity contribution in [3.63, 3.8) is 0 Å². The molecule has 0 fully saturated rings. The number of ether oxygens (including phenoxy) is 9. The maximum atomic E-state index is 17.2. The molecule has 0 amide bonds. The summed E-state index contributed by atoms with van der Waals surface area (Å²) in [7, 11) is 0. The van der Waals surface area contributed by atoms with Gasteiger partial charge in [0, 0.05) is 52.3 Å². The topological polar surface area (TPSA) is 178 Å². The van der Waals surface area contributed by atoms with Gasteiger partial charge in [-0.05, 0) is 87.3 Å². The zero-order valence-electron chi connectivity index (χ0n) is 81.3. The molecule has 0 aromatic carbocycles. The second kappa shape index (κ2) is 43.4. The summed E-state index contributed by atoms with van der Waals surface area (Å²) < 4.78 is 564. The summed E-state index contributed by atoms with van der Waals surface area (Å²) in [6, 6.07) is 0. The smallest absolute Gasteiger partial charge is 0.394 e. The predicted octanol–water partition coefficient (Wildman–Crippen LogP) is 24.9. The number of Topliss-reactive ketones (excluding diaryl/α,β-unsaturated/α-hetero) is 2. The molecular weight excluding hydrogens is 1910 g/mol. The molecule has 0 aliphatic heterocycles. The summed E-state index contributed by atoms with van der Waals surface area (Å²) in [4.78, 5) is 32.2. The predicted molar refractivity (Wildman–Crippen MR) is 427 cm³/mol. The van der Waals surface area contributed by atoms with E-state index in [4.69, 9.17) is 58.0 Å². The highest BCUT2D eigenvalue weighted by Gasteiger charge is 2.99. The first-order chi connectivity index (χ1) is 59.5. The summed E-state index contributed by atoms with van der Waals surface area (Å²) in [6.45, 7) is 25.3. The van der Waals surface area contributed by atoms with E-state index in [-0.39, 0.29) is 205 Å². The maximum absolute atomic E-state index is 17.2. The standard InChI is InChI=1S/C87H138F34O14/c1-57(2,55(125)59(5,6)63(13,14)72(88,89)74(92,93)76(96,97)78(100,101)80(104,105)82(108,109)84(112,113)86(116,117)118)61(9,10)65(17,18)69(25,31-28-37-127-43-49-133-52-46-130-40-34-122)67(21,22)71(27,33-30-39-129-45-51-135-54-48-132-42-36-124)68(23,24)70(26,32-29-38-128-44-50-134-53-47-131-41-35-123)66(19,20)62(11,12)58(3,4)56(126)60(7,8)64(15,16)73(90,91)75(94,95)77(98,99)79(102,103)81(106,107)83(110,111)85(114,115)87(119,120)121/h122-124H,28-54H2,1-27H3/t69-,70+,71?. The third-order valence-corrected chi connectivity index (χ3v) is 32.8. The molecule has 0 rings (SSSR count). The molecule has 0 aromatic rings. The number of halogens is 34. The van der Waals surface area contributed by atoms with Crippen molar-refractivity contribution in [3.05, 3.63) is 0 Å². The van der Waals surface area contributed by atoms with Crippen molar-refractivity contribution in [2.75, 3.05) is 139 Å². The Balaban J connectivity index is 10.2. The molecule has 48 heteroatoms. The molecule has 0 spiro atoms. The summed E-state index contributed by atoms with van der Waals surface area (Å²) in [5.41, 5.74) is -37.2. The number of ketones is 2. The van der Waals surface area contributed by atoms with E-state index in [1.165, 1.54) is 55.4 Å². The van der Waals surface area contributed by atoms with E-state index < -0.39 is 188 Å². The normalized spacial score (nSPS) is 16.7. The Morgan fingerprint density at radius 1 is 0.170 bits per heavy atom. The number of carbonyl (C=O) groups is 2. The first-order valence-corrected chi connectivity index (χ1v) is 43.0. The van der Waals surface area contributed by atoms with Crippen LogP contribution in [-0.2, 0) is 52.2 Å². The second-order valence-corrected chi connectivity index (χ2v) is 41.2. The van der Waals surface area contributed by atoms with Gasteiger partial charge in [0.2, 0.25) is 0 Å². The van der Waals surface area contributed by atoms with Gasteiger partial charge in [0.1, 0.15) is 11.6 Å². The molecule has 0 aliphatic carbocycles. The van der Waals surface area contributed by atoms with Gasteiger partial charge in [0.25, 0.3) is 0 Å². The molecule has 0 radical (unpaired) electrons. The third-order valence-electron chi connectivity index (χ3n) is 32.8. The van der Waals surface area contributed by atoms with Gasteiger partial charge in [-0.2, -0.15) is 149 Å². The third kappa shape index (κ3) is 21.8. The average Bonchev–Trinajstić information content (AvgIpc) is 0.671. The van der Waals surface area contributed by atoms with Crippen LogP contribution in [0.25, 0.3) is 0 Å². The maximum Gasteiger partial charge on any atom is 0.460 e. The highest BCUT2D eigenvalue weighted by molar-refractivity contribution is 5.91. The number of hydrogen-bond acceptors (Lipinski definition) is 14. The van der Waals surface area contributed by atoms with Crippen LogP contribution in [0.1, 0.15) is 225 Å². The van der Waals surface area contributed by atoms with E-state index in [0.717, 1.165) is 27.7 Å². The molecule has 14 nitrogen and oxygen atoms in total. The fourth-order valence-electron chi connectivity index (χ4n) is 18.4. The lowest BCUT2D eigenvalue weighted by Crippen LogP contribution is -2.76. The SMILES string of the molecule is CC(C)(C(=O)C(C)(C)C(C)(C)C(C)(C)[C@](C)(CCCOCCOCCOCCO)C(C)(C)C(C)(CCCOCCOCCOCCO)C(C)(C)[C@](C)(CCCOCCOCCOCCO)C(C)(C)C(C)(C)C(C)(C)C(=O)C(C)(C)C(C)(C)C(F)(F)C(F)(F)C(F)(F)C(F)(F)C(F)(F)C(F)(F)C(F)(F)C(F)(F)F)C(C)(C)C(F)(F)C(F)(F)C(F)(F)C(F)(F)C(F)(F)C(F)(F)C(F)(F)C(F)(F)F. The lowest BCUT2D eigenvalue weighted by Gasteiger charge is -2.74. The van der Waals surface area contributed by atoms with E-state index in [1.807, 2.05) is 0 Å². The van der Waals surface area contributed by atoms with Gasteiger partial charge in [-0.15, -0.1) is 0 Å². The van der Waals surface area contributed by atoms with Gasteiger partial charge < -0.3 is 58.0 Å². The molecule has 0 heterocycles. The van der Waals surface area contributed by atoms with Crippen molar-refractivity contribution in [1.82, 2.24) is 0 Å². The molecular formula is C87H138F34O14. The molecule has 1 unspecified atom stereocenters. The van der Waals surface area contributed by atoms with E-state index in [2.05, 4.69) is 0 Å². The molecule has 135 heavy (non-hydrogen) atoms. The van der Waals surface area contributed by atoms with Crippen LogP contribution < -0.4 is 0 Å². The van der Waals surface area contributed by atoms with Crippen molar-refractivity contribution in [1.29, 1.82) is 0 Å². The Hall–Kier alpha value is -3.52. The summed E-state index contributed by atoms with van der Waals surface area (Å²) in [6.07, 6.45) is -16.8. The van der Waals surface area contributed by atoms with Gasteiger partial charge in [-0.25, -0.2) is 0 Å². The Morgan fingerprint density at radius 2 is 0.304 bits per heavy atom. The van der Waals surface area contributed by atoms with Gasteiger partial charge in [-0.3, -0.25) is 9.59 Å². The number of rotatable bonds is 66. The van der Waals surface area contributed by atoms with Crippen LogP contribution in [0.2, 0.25) is 0 Å². The highest BCUT2D eigenvalue weighted by Crippen LogP contribution is 2.80. The fourth-order valence-corrected chi connectivity index (χ4v) is 18.4. The molecule has 808 valence electrons. The van der Waals surface area contributed by atoms with Gasteiger partial charge in [0.15, 0.2) is 0 Å². The Labute approximate surface area is 766 Å². The second-order valence-electron chi connectivity index (χ2n) is 41.2. The zero-order chi connectivity index (χ0) is 108. The number of carbonyl (C=O) groups excluding carboxylic acids is 2. The number of hydrogen-bond donors (Lipinski definition) is 3. The quantitative estimate of drug-likeness (QED) is 0.0387. The fraction of sp³-hybridized carbons (Fsp3) is 0.977. The van der Waals surface area contributed by atoms with Gasteiger partial charge >= 0.3 is 95.3 Å². The molecule has 3 N–H and O–H groups in total. The molecule has 0 bridgehead atoms. The highest BCUT2D eigenvalue weighted by atomic mass is 19.4. The Bertz CT molecular complexity index is 3500. The van der Waals surface area contributed by atoms with Crippen LogP contribution in [0.15, 0.2) is 0 Å². The van der Waals surface area contributed by atoms with E-state index in [1.54, 1.807) is 48.5 Å². The summed E-state index contributed by atoms with van der Waals surface area (Å²) >= 11 is 0. The van der Waals surface area contributed by atoms with Crippen LogP contribution in [0.3, 0.4) is 0 Å². The number of aliphatic hydroxyl groups excluding tert-OH is 3. The monoisotopic (exact) mass is 2050 g/mol. The van der Waals surface area contributed by atoms with Gasteiger partial charge in [-0.1, -0.05) is 187 Å². The van der Waals surface area contributed by atoms with Crippen molar-refractivity contribution >= 4 is 11.6 Å². The lowest BCUT2D eigenvalue weighted by atomic mass is 9.30. The van der Waals surface area contributed by atoms with E-state index in [9.17, 15) is 61.5 Å². The molecule has 3 atom stereocenters. The number of aliphatic hydroxyl groups is 3. The van der Waals surface area contributed by atoms with Crippen LogP contribution in [0, 0.1) is 81.2 Å². The first kappa shape index (κ1) is 131. The van der Waals surface area contributed by atoms with Crippen molar-refractivity contribution < 1.29 is 217 Å². The summed E-state index contributed by atoms with van der Waals surface area (Å²) in [5, 5.41) is 27.4. The van der Waals surface area contributed by atoms with Crippen LogP contribution in [0.5, 0.6) is 0 Å². The minimum Gasteiger partial charge on any atom is -0.394 e. The molecule has 0 saturated heterocycles. The molecule has 0 aromatic heterocycles. The number of alkyl halides is 34. The van der Waals surface area contributed by atoms with Gasteiger partial charge in [0.05, 0.1) is 119 Å².